The molecule has 0 aromatic rings. The Hall–Kier alpha value is -0.940. The summed E-state index contributed by atoms with van der Waals surface area (Å²) in [6.07, 6.45) is 7.81. The van der Waals surface area contributed by atoms with Crippen LogP contribution in [0.3, 0.4) is 0 Å². The van der Waals surface area contributed by atoms with Crippen LogP contribution in [-0.4, -0.2) is 43.7 Å². The summed E-state index contributed by atoms with van der Waals surface area (Å²) in [5.74, 6) is 1.87. The lowest BCUT2D eigenvalue weighted by Gasteiger charge is -2.34. The SMILES string of the molecule is CC.CCC(=O)C1CC(NC(=O)CCOCC2CCC(COC(C)C)CC2)C1.[HH]. The molecule has 28 heavy (non-hydrogen) atoms. The van der Waals surface area contributed by atoms with E-state index in [1.54, 1.807) is 0 Å². The van der Waals surface area contributed by atoms with Crippen molar-refractivity contribution < 1.29 is 20.5 Å². The second-order valence-corrected chi connectivity index (χ2v) is 8.35. The van der Waals surface area contributed by atoms with Gasteiger partial charge in [0.25, 0.3) is 0 Å². The first-order chi connectivity index (χ1) is 13.5. The van der Waals surface area contributed by atoms with Crippen molar-refractivity contribution in [2.45, 2.75) is 98.1 Å². The maximum absolute atomic E-state index is 11.9. The van der Waals surface area contributed by atoms with Crippen LogP contribution in [0.4, 0.5) is 0 Å². The zero-order valence-electron chi connectivity index (χ0n) is 18.8. The molecule has 2 fully saturated rings. The van der Waals surface area contributed by atoms with Gasteiger partial charge >= 0.3 is 0 Å². The largest absolute Gasteiger partial charge is 0.381 e. The van der Waals surface area contributed by atoms with Crippen molar-refractivity contribution >= 4 is 11.7 Å². The van der Waals surface area contributed by atoms with Gasteiger partial charge in [0.2, 0.25) is 5.91 Å². The van der Waals surface area contributed by atoms with Crippen molar-refractivity contribution in [2.75, 3.05) is 19.8 Å². The number of ether oxygens (including phenoxy) is 2. The highest BCUT2D eigenvalue weighted by Gasteiger charge is 2.34. The molecule has 0 aromatic carbocycles. The third kappa shape index (κ3) is 9.51. The van der Waals surface area contributed by atoms with E-state index in [-0.39, 0.29) is 19.3 Å². The lowest BCUT2D eigenvalue weighted by Crippen LogP contribution is -2.46. The maximum Gasteiger partial charge on any atom is 0.222 e. The minimum atomic E-state index is 0. The van der Waals surface area contributed by atoms with Gasteiger partial charge in [0, 0.05) is 39.4 Å². The predicted molar refractivity (Wildman–Crippen MR) is 115 cm³/mol. The summed E-state index contributed by atoms with van der Waals surface area (Å²) < 4.78 is 11.5. The van der Waals surface area contributed by atoms with Gasteiger partial charge in [-0.2, -0.15) is 0 Å². The first-order valence-corrected chi connectivity index (χ1v) is 11.5. The highest BCUT2D eigenvalue weighted by Crippen LogP contribution is 2.30. The van der Waals surface area contributed by atoms with Crippen molar-refractivity contribution in [1.29, 1.82) is 0 Å². The Morgan fingerprint density at radius 2 is 1.61 bits per heavy atom. The summed E-state index contributed by atoms with van der Waals surface area (Å²) in [6.45, 7) is 12.2. The molecule has 5 nitrogen and oxygen atoms in total. The van der Waals surface area contributed by atoms with E-state index >= 15 is 0 Å². The Morgan fingerprint density at radius 1 is 1.04 bits per heavy atom. The molecule has 1 N–H and O–H groups in total. The molecule has 0 bridgehead atoms. The monoisotopic (exact) mass is 399 g/mol. The highest BCUT2D eigenvalue weighted by atomic mass is 16.5. The topological polar surface area (TPSA) is 64.6 Å². The van der Waals surface area contributed by atoms with Gasteiger partial charge in [0.05, 0.1) is 12.7 Å². The third-order valence-electron chi connectivity index (χ3n) is 5.77. The summed E-state index contributed by atoms with van der Waals surface area (Å²) in [5.41, 5.74) is 0. The van der Waals surface area contributed by atoms with E-state index < -0.39 is 0 Å². The summed E-state index contributed by atoms with van der Waals surface area (Å²) in [5, 5.41) is 3.01. The van der Waals surface area contributed by atoms with Crippen LogP contribution in [0.15, 0.2) is 0 Å². The number of nitrogens with one attached hydrogen (secondary N) is 1. The number of rotatable bonds is 11. The molecular weight excluding hydrogens is 354 g/mol. The lowest BCUT2D eigenvalue weighted by atomic mass is 9.77. The molecule has 1 amide bonds. The minimum absolute atomic E-state index is 0. The van der Waals surface area contributed by atoms with E-state index in [1.165, 1.54) is 25.7 Å². The fourth-order valence-electron chi connectivity index (χ4n) is 3.90. The molecule has 2 aliphatic rings. The Morgan fingerprint density at radius 3 is 2.14 bits per heavy atom. The van der Waals surface area contributed by atoms with E-state index in [4.69, 9.17) is 9.47 Å². The number of amides is 1. The number of carbonyl (C=O) groups excluding carboxylic acids is 2. The van der Waals surface area contributed by atoms with Crippen LogP contribution in [-0.2, 0) is 19.1 Å². The molecule has 2 aliphatic carbocycles. The first-order valence-electron chi connectivity index (χ1n) is 11.5. The first kappa shape index (κ1) is 25.1. The number of hydrogen-bond donors (Lipinski definition) is 1. The highest BCUT2D eigenvalue weighted by molar-refractivity contribution is 5.82. The number of Topliss-reactive ketones (excluding diaryl/α,β-unsaturated/α-hetero) is 1. The molecule has 0 unspecified atom stereocenters. The van der Waals surface area contributed by atoms with Crippen molar-refractivity contribution in [1.82, 2.24) is 5.32 Å². The standard InChI is InChI=1S/C21H37NO4.C2H6.H2/c1-4-20(23)18-11-19(12-18)22-21(24)9-10-25-13-16-5-7-17(8-6-16)14-26-15(2)3;1-2;/h15-19H,4-14H2,1-3H3,(H,22,24);1-2H3;1H. The van der Waals surface area contributed by atoms with E-state index in [9.17, 15) is 9.59 Å². The minimum Gasteiger partial charge on any atom is -0.381 e. The van der Waals surface area contributed by atoms with E-state index in [2.05, 4.69) is 19.2 Å². The average molecular weight is 400 g/mol. The number of hydrogen-bond acceptors (Lipinski definition) is 4. The van der Waals surface area contributed by atoms with Crippen LogP contribution in [0.1, 0.15) is 87.4 Å². The Bertz CT molecular complexity index is 444. The van der Waals surface area contributed by atoms with Crippen LogP contribution in [0.25, 0.3) is 0 Å². The Kier molecular flexibility index (Phi) is 12.6. The van der Waals surface area contributed by atoms with Crippen LogP contribution in [0, 0.1) is 17.8 Å². The fourth-order valence-corrected chi connectivity index (χ4v) is 3.90. The molecule has 0 spiro atoms. The average Bonchev–Trinajstić information content (AvgIpc) is 2.68. The van der Waals surface area contributed by atoms with Crippen molar-refractivity contribution in [2.24, 2.45) is 17.8 Å². The smallest absolute Gasteiger partial charge is 0.222 e. The number of ketones is 1. The third-order valence-corrected chi connectivity index (χ3v) is 5.77. The van der Waals surface area contributed by atoms with Crippen LogP contribution in [0.2, 0.25) is 0 Å². The second-order valence-electron chi connectivity index (χ2n) is 8.35. The van der Waals surface area contributed by atoms with Crippen molar-refractivity contribution in [3.8, 4) is 0 Å². The summed E-state index contributed by atoms with van der Waals surface area (Å²) in [7, 11) is 0. The molecular formula is C23H45NO4. The molecule has 5 heteroatoms. The van der Waals surface area contributed by atoms with Crippen LogP contribution < -0.4 is 5.32 Å². The normalized spacial score (nSPS) is 26.8. The fraction of sp³-hybridized carbons (Fsp3) is 0.913. The maximum atomic E-state index is 11.9. The van der Waals surface area contributed by atoms with E-state index in [0.717, 1.165) is 26.1 Å². The zero-order chi connectivity index (χ0) is 20.9. The van der Waals surface area contributed by atoms with Gasteiger partial charge in [0.1, 0.15) is 5.78 Å². The van der Waals surface area contributed by atoms with Gasteiger partial charge in [-0.25, -0.2) is 0 Å². The molecule has 0 aromatic heterocycles. The zero-order valence-corrected chi connectivity index (χ0v) is 18.8. The van der Waals surface area contributed by atoms with Gasteiger partial charge in [0.15, 0.2) is 0 Å². The lowest BCUT2D eigenvalue weighted by molar-refractivity contribution is -0.129. The quantitative estimate of drug-likeness (QED) is 0.508. The molecule has 0 heterocycles. The molecule has 0 atom stereocenters. The second kappa shape index (κ2) is 14.1. The van der Waals surface area contributed by atoms with Crippen molar-refractivity contribution in [3.05, 3.63) is 0 Å². The van der Waals surface area contributed by atoms with Crippen LogP contribution in [0.5, 0.6) is 0 Å². The predicted octanol–water partition coefficient (Wildman–Crippen LogP) is 4.77. The molecule has 2 rings (SSSR count). The van der Waals surface area contributed by atoms with Crippen LogP contribution >= 0.6 is 0 Å². The summed E-state index contributed by atoms with van der Waals surface area (Å²) in [4.78, 5) is 23.5. The Labute approximate surface area is 173 Å². The van der Waals surface area contributed by atoms with Gasteiger partial charge in [-0.1, -0.05) is 20.8 Å². The molecule has 0 saturated heterocycles. The summed E-state index contributed by atoms with van der Waals surface area (Å²) in [6, 6.07) is 0.186. The molecule has 0 aliphatic heterocycles. The van der Waals surface area contributed by atoms with Gasteiger partial charge in [-0.3, -0.25) is 9.59 Å². The molecule has 166 valence electrons. The molecule has 0 radical (unpaired) electrons. The Balaban J connectivity index is 0.00000253. The van der Waals surface area contributed by atoms with Gasteiger partial charge < -0.3 is 14.8 Å². The summed E-state index contributed by atoms with van der Waals surface area (Å²) >= 11 is 0. The number of carbonyl (C=O) groups is 2. The van der Waals surface area contributed by atoms with E-state index in [1.807, 2.05) is 20.8 Å². The molecule has 2 saturated carbocycles. The van der Waals surface area contributed by atoms with E-state index in [0.29, 0.717) is 43.2 Å². The van der Waals surface area contributed by atoms with Gasteiger partial charge in [-0.05, 0) is 64.2 Å². The van der Waals surface area contributed by atoms with Crippen molar-refractivity contribution in [3.63, 3.8) is 0 Å². The van der Waals surface area contributed by atoms with Gasteiger partial charge in [-0.15, -0.1) is 0 Å².